The molecule has 3 rings (SSSR count). The fourth-order valence-corrected chi connectivity index (χ4v) is 5.44. The van der Waals surface area contributed by atoms with Crippen molar-refractivity contribution in [2.45, 2.75) is 38.5 Å². The van der Waals surface area contributed by atoms with Gasteiger partial charge >= 0.3 is 0 Å². The molecule has 0 fully saturated rings. The van der Waals surface area contributed by atoms with Crippen LogP contribution in [0, 0.1) is 6.92 Å². The molecule has 1 heterocycles. The topological polar surface area (TPSA) is 78.7 Å². The Labute approximate surface area is 201 Å². The molecule has 0 saturated heterocycles. The van der Waals surface area contributed by atoms with Gasteiger partial charge in [-0.3, -0.25) is 5.43 Å². The van der Waals surface area contributed by atoms with Crippen molar-refractivity contribution >= 4 is 50.2 Å². The van der Waals surface area contributed by atoms with E-state index in [9.17, 15) is 8.42 Å². The first-order valence-electron chi connectivity index (χ1n) is 11.0. The van der Waals surface area contributed by atoms with Crippen molar-refractivity contribution in [3.05, 3.63) is 59.8 Å². The van der Waals surface area contributed by atoms with Crippen LogP contribution in [0.2, 0.25) is 0 Å². The van der Waals surface area contributed by atoms with Crippen molar-refractivity contribution in [3.63, 3.8) is 0 Å². The monoisotopic (exact) mass is 485 g/mol. The van der Waals surface area contributed by atoms with E-state index in [1.807, 2.05) is 68.9 Å². The number of hydrogen-bond acceptors (Lipinski definition) is 4. The largest absolute Gasteiger partial charge is 0.350 e. The maximum Gasteiger partial charge on any atom is 0.243 e. The Balaban J connectivity index is 1.82. The fraction of sp³-hybridized carbons (Fsp3) is 0.333. The van der Waals surface area contributed by atoms with Crippen LogP contribution in [0.25, 0.3) is 10.9 Å². The van der Waals surface area contributed by atoms with Crippen LogP contribution in [0.3, 0.4) is 0 Å². The van der Waals surface area contributed by atoms with Crippen molar-refractivity contribution in [1.82, 2.24) is 14.3 Å². The molecule has 1 aromatic heterocycles. The first kappa shape index (κ1) is 24.9. The standard InChI is InChI=1S/C24H31N5O2S2/c1-5-13-29(14-6-2)33(30,31)21-11-12-23-22(15-21)19(17-28(23)4)16-25-27-24(32)26-20-9-7-18(3)8-10-20/h7-12,15-17H,5-6,13-14H2,1-4H3,(H2,26,27,32). The Morgan fingerprint density at radius 3 is 2.42 bits per heavy atom. The number of nitrogens with one attached hydrogen (secondary N) is 2. The number of benzene rings is 2. The zero-order chi connectivity index (χ0) is 24.0. The highest BCUT2D eigenvalue weighted by molar-refractivity contribution is 7.89. The van der Waals surface area contributed by atoms with Crippen LogP contribution in [-0.4, -0.2) is 41.7 Å². The summed E-state index contributed by atoms with van der Waals surface area (Å²) >= 11 is 5.31. The van der Waals surface area contributed by atoms with Crippen LogP contribution in [0.5, 0.6) is 0 Å². The van der Waals surface area contributed by atoms with Gasteiger partial charge in [0, 0.05) is 48.5 Å². The van der Waals surface area contributed by atoms with Gasteiger partial charge in [-0.15, -0.1) is 0 Å². The third-order valence-electron chi connectivity index (χ3n) is 5.25. The number of rotatable bonds is 9. The molecular formula is C24H31N5O2S2. The number of aromatic nitrogens is 1. The molecular weight excluding hydrogens is 454 g/mol. The molecule has 2 aromatic carbocycles. The highest BCUT2D eigenvalue weighted by Crippen LogP contribution is 2.25. The van der Waals surface area contributed by atoms with Crippen LogP contribution in [-0.2, 0) is 17.1 Å². The van der Waals surface area contributed by atoms with Crippen molar-refractivity contribution in [3.8, 4) is 0 Å². The summed E-state index contributed by atoms with van der Waals surface area (Å²) in [6.07, 6.45) is 5.11. The summed E-state index contributed by atoms with van der Waals surface area (Å²) in [6, 6.07) is 13.1. The molecule has 9 heteroatoms. The van der Waals surface area contributed by atoms with Crippen molar-refractivity contribution < 1.29 is 8.42 Å². The lowest BCUT2D eigenvalue weighted by atomic mass is 10.2. The molecule has 0 atom stereocenters. The van der Waals surface area contributed by atoms with Crippen LogP contribution in [0.4, 0.5) is 5.69 Å². The summed E-state index contributed by atoms with van der Waals surface area (Å²) in [6.45, 7) is 7.01. The van der Waals surface area contributed by atoms with E-state index in [0.29, 0.717) is 23.1 Å². The van der Waals surface area contributed by atoms with Gasteiger partial charge in [-0.2, -0.15) is 9.41 Å². The Hall–Kier alpha value is -2.75. The number of thiocarbonyl (C=S) groups is 1. The molecule has 0 spiro atoms. The fourth-order valence-electron chi connectivity index (χ4n) is 3.62. The van der Waals surface area contributed by atoms with Crippen LogP contribution in [0.1, 0.15) is 37.8 Å². The molecule has 0 saturated carbocycles. The second-order valence-electron chi connectivity index (χ2n) is 7.97. The second-order valence-corrected chi connectivity index (χ2v) is 10.3. The van der Waals surface area contributed by atoms with Gasteiger partial charge in [0.2, 0.25) is 10.0 Å². The van der Waals surface area contributed by atoms with Crippen molar-refractivity contribution in [1.29, 1.82) is 0 Å². The Bertz CT molecular complexity index is 1240. The number of hydrazone groups is 1. The lowest BCUT2D eigenvalue weighted by Gasteiger charge is -2.21. The van der Waals surface area contributed by atoms with Crippen LogP contribution in [0.15, 0.2) is 58.7 Å². The van der Waals surface area contributed by atoms with E-state index in [4.69, 9.17) is 12.2 Å². The number of aryl methyl sites for hydroxylation is 2. The highest BCUT2D eigenvalue weighted by Gasteiger charge is 2.24. The lowest BCUT2D eigenvalue weighted by molar-refractivity contribution is 0.410. The van der Waals surface area contributed by atoms with Gasteiger partial charge in [-0.05, 0) is 62.3 Å². The van der Waals surface area contributed by atoms with Crippen LogP contribution < -0.4 is 10.7 Å². The van der Waals surface area contributed by atoms with E-state index < -0.39 is 10.0 Å². The SMILES string of the molecule is CCCN(CCC)S(=O)(=O)c1ccc2c(c1)c(C=NNC(=S)Nc1ccc(C)cc1)cn2C. The number of hydrogen-bond donors (Lipinski definition) is 2. The van der Waals surface area contributed by atoms with E-state index in [0.717, 1.165) is 35.0 Å². The minimum absolute atomic E-state index is 0.294. The first-order valence-corrected chi connectivity index (χ1v) is 12.9. The van der Waals surface area contributed by atoms with Crippen LogP contribution >= 0.6 is 12.2 Å². The Kier molecular flexibility index (Phi) is 8.23. The zero-order valence-electron chi connectivity index (χ0n) is 19.5. The van der Waals surface area contributed by atoms with Crippen molar-refractivity contribution in [2.24, 2.45) is 12.1 Å². The van der Waals surface area contributed by atoms with Gasteiger partial charge in [0.1, 0.15) is 0 Å². The van der Waals surface area contributed by atoms with Gasteiger partial charge in [0.25, 0.3) is 0 Å². The molecule has 0 unspecified atom stereocenters. The molecule has 0 bridgehead atoms. The van der Waals surface area contributed by atoms with Gasteiger partial charge in [0.05, 0.1) is 11.1 Å². The quantitative estimate of drug-likeness (QED) is 0.263. The number of nitrogens with zero attached hydrogens (tertiary/aromatic N) is 3. The molecule has 176 valence electrons. The predicted octanol–water partition coefficient (Wildman–Crippen LogP) is 4.62. The first-order chi connectivity index (χ1) is 15.8. The third kappa shape index (κ3) is 5.98. The maximum atomic E-state index is 13.2. The smallest absolute Gasteiger partial charge is 0.243 e. The van der Waals surface area contributed by atoms with Gasteiger partial charge in [-0.1, -0.05) is 31.5 Å². The summed E-state index contributed by atoms with van der Waals surface area (Å²) < 4.78 is 29.9. The second kappa shape index (κ2) is 10.9. The molecule has 7 nitrogen and oxygen atoms in total. The summed E-state index contributed by atoms with van der Waals surface area (Å²) in [5.41, 5.74) is 6.58. The Morgan fingerprint density at radius 2 is 1.79 bits per heavy atom. The number of anilines is 1. The molecule has 0 amide bonds. The predicted molar refractivity (Wildman–Crippen MR) is 140 cm³/mol. The summed E-state index contributed by atoms with van der Waals surface area (Å²) in [5, 5.41) is 8.52. The summed E-state index contributed by atoms with van der Waals surface area (Å²) in [5.74, 6) is 0. The van der Waals surface area contributed by atoms with Gasteiger partial charge in [0.15, 0.2) is 5.11 Å². The molecule has 0 aliphatic carbocycles. The van der Waals surface area contributed by atoms with Gasteiger partial charge < -0.3 is 9.88 Å². The molecule has 2 N–H and O–H groups in total. The Morgan fingerprint density at radius 1 is 1.12 bits per heavy atom. The third-order valence-corrected chi connectivity index (χ3v) is 7.34. The zero-order valence-corrected chi connectivity index (χ0v) is 21.1. The molecule has 0 aliphatic heterocycles. The van der Waals surface area contributed by atoms with Crippen molar-refractivity contribution in [2.75, 3.05) is 18.4 Å². The maximum absolute atomic E-state index is 13.2. The molecule has 33 heavy (non-hydrogen) atoms. The van der Waals surface area contributed by atoms with E-state index in [-0.39, 0.29) is 0 Å². The minimum atomic E-state index is -3.56. The molecule has 0 radical (unpaired) electrons. The highest BCUT2D eigenvalue weighted by atomic mass is 32.2. The lowest BCUT2D eigenvalue weighted by Crippen LogP contribution is -2.32. The summed E-state index contributed by atoms with van der Waals surface area (Å²) in [7, 11) is -1.64. The average molecular weight is 486 g/mol. The van der Waals surface area contributed by atoms with Gasteiger partial charge in [-0.25, -0.2) is 8.42 Å². The van der Waals surface area contributed by atoms with E-state index in [1.54, 1.807) is 22.7 Å². The van der Waals surface area contributed by atoms with E-state index >= 15 is 0 Å². The number of sulfonamides is 1. The molecule has 0 aliphatic rings. The summed E-state index contributed by atoms with van der Waals surface area (Å²) in [4.78, 5) is 0.294. The normalized spacial score (nSPS) is 12.0. The molecule has 3 aromatic rings. The van der Waals surface area contributed by atoms with E-state index in [1.165, 1.54) is 5.56 Å². The van der Waals surface area contributed by atoms with E-state index in [2.05, 4.69) is 15.8 Å². The number of fused-ring (bicyclic) bond motifs is 1. The average Bonchev–Trinajstić information content (AvgIpc) is 3.10. The minimum Gasteiger partial charge on any atom is -0.350 e.